The third-order valence-electron chi connectivity index (χ3n) is 9.00. The Balaban J connectivity index is 1.20. The second-order valence-electron chi connectivity index (χ2n) is 12.1. The average Bonchev–Trinajstić information content (AvgIpc) is 3.90. The van der Waals surface area contributed by atoms with Gasteiger partial charge in [-0.25, -0.2) is 27.8 Å². The van der Waals surface area contributed by atoms with Crippen LogP contribution in [-0.4, -0.2) is 48.3 Å². The summed E-state index contributed by atoms with van der Waals surface area (Å²) in [6, 6.07) is 12.4. The minimum atomic E-state index is -3.47. The number of anilines is 1. The summed E-state index contributed by atoms with van der Waals surface area (Å²) in [6.45, 7) is 3.79. The fourth-order valence-electron chi connectivity index (χ4n) is 6.33. The summed E-state index contributed by atoms with van der Waals surface area (Å²) in [4.78, 5) is 13.7. The maximum Gasteiger partial charge on any atom is 0.228 e. The molecule has 0 unspecified atom stereocenters. The fraction of sp³-hybridized carbons (Fsp3) is 0.406. The molecule has 1 saturated heterocycles. The Morgan fingerprint density at radius 3 is 2.74 bits per heavy atom. The molecule has 0 bridgehead atoms. The molecule has 2 aromatic carbocycles. The molecule has 42 heavy (non-hydrogen) atoms. The summed E-state index contributed by atoms with van der Waals surface area (Å²) in [5, 5.41) is 7.97. The van der Waals surface area contributed by atoms with Gasteiger partial charge in [0.25, 0.3) is 0 Å². The molecule has 3 aliphatic rings. The SMILES string of the molecule is Cc1ccc2c(CS(=O)(=O)C[C@@H]3CC34CC4)c(F)ccc2c1Oc1ncccc1-c1ccnc(N[C@H]2CCCNC2)n1. The summed E-state index contributed by atoms with van der Waals surface area (Å²) in [7, 11) is -3.47. The Bertz CT molecular complexity index is 1770. The van der Waals surface area contributed by atoms with E-state index >= 15 is 4.39 Å². The normalized spacial score (nSPS) is 20.9. The lowest BCUT2D eigenvalue weighted by molar-refractivity contribution is 0.466. The molecule has 2 saturated carbocycles. The molecular weight excluding hydrogens is 553 g/mol. The maximum absolute atomic E-state index is 15.2. The first-order valence-electron chi connectivity index (χ1n) is 14.6. The molecule has 4 aromatic rings. The van der Waals surface area contributed by atoms with Crippen LogP contribution in [0.15, 0.2) is 54.9 Å². The van der Waals surface area contributed by atoms with E-state index < -0.39 is 15.7 Å². The van der Waals surface area contributed by atoms with Gasteiger partial charge in [-0.2, -0.15) is 0 Å². The van der Waals surface area contributed by atoms with Gasteiger partial charge in [-0.3, -0.25) is 0 Å². The average molecular weight is 588 g/mol. The van der Waals surface area contributed by atoms with Crippen molar-refractivity contribution in [3.05, 3.63) is 71.8 Å². The largest absolute Gasteiger partial charge is 0.437 e. The van der Waals surface area contributed by atoms with Crippen LogP contribution in [0, 0.1) is 24.1 Å². The molecule has 7 rings (SSSR count). The molecule has 2 aromatic heterocycles. The van der Waals surface area contributed by atoms with Crippen LogP contribution in [0.3, 0.4) is 0 Å². The Morgan fingerprint density at radius 1 is 1.10 bits per heavy atom. The van der Waals surface area contributed by atoms with Crippen LogP contribution in [0.4, 0.5) is 10.3 Å². The molecular formula is C32H34FN5O3S. The van der Waals surface area contributed by atoms with E-state index in [1.165, 1.54) is 6.07 Å². The van der Waals surface area contributed by atoms with Crippen molar-refractivity contribution in [1.29, 1.82) is 0 Å². The topological polar surface area (TPSA) is 106 Å². The predicted octanol–water partition coefficient (Wildman–Crippen LogP) is 5.81. The third kappa shape index (κ3) is 5.45. The number of sulfone groups is 1. The van der Waals surface area contributed by atoms with E-state index in [2.05, 4.69) is 20.6 Å². The summed E-state index contributed by atoms with van der Waals surface area (Å²) >= 11 is 0. The van der Waals surface area contributed by atoms with Gasteiger partial charge in [-0.05, 0) is 98.2 Å². The minimum absolute atomic E-state index is 0.127. The summed E-state index contributed by atoms with van der Waals surface area (Å²) in [6.07, 6.45) is 8.73. The number of fused-ring (bicyclic) bond motifs is 1. The molecule has 2 N–H and O–H groups in total. The van der Waals surface area contributed by atoms with Gasteiger partial charge in [-0.15, -0.1) is 0 Å². The van der Waals surface area contributed by atoms with Crippen LogP contribution in [0.1, 0.15) is 43.2 Å². The van der Waals surface area contributed by atoms with Crippen molar-refractivity contribution in [2.75, 3.05) is 24.2 Å². The van der Waals surface area contributed by atoms with E-state index in [4.69, 9.17) is 9.72 Å². The van der Waals surface area contributed by atoms with E-state index in [0.717, 1.165) is 50.8 Å². The van der Waals surface area contributed by atoms with Crippen molar-refractivity contribution in [1.82, 2.24) is 20.3 Å². The standard InChI is InChI=1S/C32H34FN5O3S/c1-20-6-7-23-24(8-9-27(33)26(23)19-42(39,40)18-21-16-32(21)11-12-32)29(20)41-30-25(5-3-14-35-30)28-10-15-36-31(38-28)37-22-4-2-13-34-17-22/h3,5-10,14-15,21-22,34H,2,4,11-13,16-19H2,1H3,(H,36,37,38)/t21-,22-/m0/s1. The smallest absolute Gasteiger partial charge is 0.228 e. The Morgan fingerprint density at radius 2 is 1.95 bits per heavy atom. The number of hydrogen-bond donors (Lipinski definition) is 2. The van der Waals surface area contributed by atoms with E-state index in [1.807, 2.05) is 31.2 Å². The molecule has 1 aliphatic heterocycles. The number of ether oxygens (including phenoxy) is 1. The molecule has 10 heteroatoms. The highest BCUT2D eigenvalue weighted by Gasteiger charge is 2.63. The lowest BCUT2D eigenvalue weighted by Crippen LogP contribution is -2.38. The number of hydrogen-bond acceptors (Lipinski definition) is 8. The van der Waals surface area contributed by atoms with Crippen LogP contribution in [-0.2, 0) is 15.6 Å². The quantitative estimate of drug-likeness (QED) is 0.253. The molecule has 2 aliphatic carbocycles. The van der Waals surface area contributed by atoms with Crippen LogP contribution >= 0.6 is 0 Å². The molecule has 8 nitrogen and oxygen atoms in total. The molecule has 1 spiro atoms. The Hall–Kier alpha value is -3.63. The van der Waals surface area contributed by atoms with E-state index in [-0.39, 0.29) is 34.4 Å². The van der Waals surface area contributed by atoms with Gasteiger partial charge in [-0.1, -0.05) is 12.1 Å². The number of pyridine rings is 1. The second-order valence-corrected chi connectivity index (χ2v) is 14.2. The second kappa shape index (κ2) is 10.6. The van der Waals surface area contributed by atoms with Crippen molar-refractivity contribution in [2.24, 2.45) is 11.3 Å². The predicted molar refractivity (Wildman–Crippen MR) is 161 cm³/mol. The summed E-state index contributed by atoms with van der Waals surface area (Å²) in [5.41, 5.74) is 2.63. The van der Waals surface area contributed by atoms with Crippen LogP contribution in [0.2, 0.25) is 0 Å². The van der Waals surface area contributed by atoms with Crippen molar-refractivity contribution < 1.29 is 17.5 Å². The summed E-state index contributed by atoms with van der Waals surface area (Å²) < 4.78 is 47.9. The van der Waals surface area contributed by atoms with Gasteiger partial charge >= 0.3 is 0 Å². The number of aryl methyl sites for hydroxylation is 1. The first-order valence-corrected chi connectivity index (χ1v) is 16.5. The highest BCUT2D eigenvalue weighted by molar-refractivity contribution is 7.90. The molecule has 2 atom stereocenters. The number of benzene rings is 2. The molecule has 3 fully saturated rings. The van der Waals surface area contributed by atoms with Crippen LogP contribution < -0.4 is 15.4 Å². The summed E-state index contributed by atoms with van der Waals surface area (Å²) in [5.74, 6) is 0.893. The lowest BCUT2D eigenvalue weighted by atomic mass is 10.0. The first kappa shape index (κ1) is 27.2. The third-order valence-corrected chi connectivity index (χ3v) is 10.6. The van der Waals surface area contributed by atoms with Gasteiger partial charge in [0.2, 0.25) is 11.8 Å². The zero-order valence-corrected chi connectivity index (χ0v) is 24.4. The van der Waals surface area contributed by atoms with E-state index in [1.54, 1.807) is 24.5 Å². The Kier molecular flexibility index (Phi) is 6.85. The van der Waals surface area contributed by atoms with E-state index in [9.17, 15) is 8.42 Å². The number of halogens is 1. The monoisotopic (exact) mass is 587 g/mol. The van der Waals surface area contributed by atoms with Crippen molar-refractivity contribution >= 4 is 26.6 Å². The number of piperidine rings is 1. The fourth-order valence-corrected chi connectivity index (χ4v) is 8.27. The number of nitrogens with one attached hydrogen (secondary N) is 2. The zero-order valence-electron chi connectivity index (χ0n) is 23.6. The number of rotatable bonds is 9. The highest BCUT2D eigenvalue weighted by atomic mass is 32.2. The highest BCUT2D eigenvalue weighted by Crippen LogP contribution is 2.70. The van der Waals surface area contributed by atoms with Gasteiger partial charge in [0.15, 0.2) is 9.84 Å². The van der Waals surface area contributed by atoms with Crippen LogP contribution in [0.5, 0.6) is 11.6 Å². The number of aromatic nitrogens is 3. The van der Waals surface area contributed by atoms with Crippen molar-refractivity contribution in [3.63, 3.8) is 0 Å². The van der Waals surface area contributed by atoms with Gasteiger partial charge in [0, 0.05) is 35.9 Å². The number of nitrogens with zero attached hydrogens (tertiary/aromatic N) is 3. The van der Waals surface area contributed by atoms with Crippen molar-refractivity contribution in [2.45, 2.75) is 50.8 Å². The minimum Gasteiger partial charge on any atom is -0.437 e. The van der Waals surface area contributed by atoms with Gasteiger partial charge in [0.05, 0.1) is 22.8 Å². The van der Waals surface area contributed by atoms with Crippen molar-refractivity contribution in [3.8, 4) is 22.9 Å². The first-order chi connectivity index (χ1) is 20.3. The molecule has 218 valence electrons. The lowest BCUT2D eigenvalue weighted by Gasteiger charge is -2.23. The maximum atomic E-state index is 15.2. The molecule has 0 amide bonds. The van der Waals surface area contributed by atoms with Gasteiger partial charge in [0.1, 0.15) is 11.6 Å². The van der Waals surface area contributed by atoms with Gasteiger partial charge < -0.3 is 15.4 Å². The Labute approximate surface area is 245 Å². The molecule has 3 heterocycles. The van der Waals surface area contributed by atoms with E-state index in [0.29, 0.717) is 39.6 Å². The van der Waals surface area contributed by atoms with Crippen LogP contribution in [0.25, 0.3) is 22.0 Å². The molecule has 0 radical (unpaired) electrons. The zero-order chi connectivity index (χ0) is 28.9.